The van der Waals surface area contributed by atoms with Gasteiger partial charge in [-0.25, -0.2) is 9.59 Å². The first-order valence-electron chi connectivity index (χ1n) is 14.5. The van der Waals surface area contributed by atoms with Crippen LogP contribution in [0.4, 0.5) is 11.4 Å². The van der Waals surface area contributed by atoms with Crippen LogP contribution in [0.3, 0.4) is 0 Å². The number of ether oxygens (including phenoxy) is 1. The Labute approximate surface area is 228 Å². The molecule has 5 aliphatic rings. The van der Waals surface area contributed by atoms with E-state index >= 15 is 0 Å². The predicted octanol–water partition coefficient (Wildman–Crippen LogP) is 4.62. The van der Waals surface area contributed by atoms with Crippen LogP contribution >= 0.6 is 0 Å². The molecule has 0 unspecified atom stereocenters. The summed E-state index contributed by atoms with van der Waals surface area (Å²) in [6, 6.07) is 16.7. The molecule has 2 spiro atoms. The first-order chi connectivity index (χ1) is 19.0. The Bertz CT molecular complexity index is 1520. The molecule has 0 bridgehead atoms. The summed E-state index contributed by atoms with van der Waals surface area (Å²) in [7, 11) is -2.19. The third kappa shape index (κ3) is 3.08. The lowest BCUT2D eigenvalue weighted by molar-refractivity contribution is 0.0254. The zero-order valence-corrected chi connectivity index (χ0v) is 23.0. The fraction of sp³-hybridized carbons (Fsp3) is 0.375. The van der Waals surface area contributed by atoms with E-state index in [9.17, 15) is 14.7 Å². The number of carbonyl (C=O) groups is 2. The topological polar surface area (TPSA) is 87.7 Å². The van der Waals surface area contributed by atoms with Gasteiger partial charge in [0, 0.05) is 41.2 Å². The van der Waals surface area contributed by atoms with Crippen molar-refractivity contribution in [3.8, 4) is 0 Å². The second kappa shape index (κ2) is 8.21. The Morgan fingerprint density at radius 2 is 1.41 bits per heavy atom. The first kappa shape index (κ1) is 23.3. The van der Waals surface area contributed by atoms with Crippen LogP contribution in [0.2, 0.25) is 12.1 Å². The predicted molar refractivity (Wildman–Crippen MR) is 154 cm³/mol. The molecule has 0 aromatic heterocycles. The molecule has 1 fully saturated rings. The third-order valence-corrected chi connectivity index (χ3v) is 15.3. The highest BCUT2D eigenvalue weighted by molar-refractivity contribution is 7.03. The molecule has 3 aromatic rings. The summed E-state index contributed by atoms with van der Waals surface area (Å²) in [5.41, 5.74) is 7.36. The van der Waals surface area contributed by atoms with Crippen LogP contribution in [-0.4, -0.2) is 38.2 Å². The van der Waals surface area contributed by atoms with Gasteiger partial charge in [0.05, 0.1) is 11.1 Å². The van der Waals surface area contributed by atoms with Gasteiger partial charge in [0.1, 0.15) is 8.07 Å². The monoisotopic (exact) mass is 536 g/mol. The molecule has 5 heterocycles. The molecule has 0 radical (unpaired) electrons. The van der Waals surface area contributed by atoms with Crippen LogP contribution < -0.4 is 21.0 Å². The van der Waals surface area contributed by atoms with E-state index in [1.165, 1.54) is 70.3 Å². The number of nitrogens with one attached hydrogen (secondary N) is 2. The molecule has 1 saturated heterocycles. The quantitative estimate of drug-likeness (QED) is 0.311. The number of benzene rings is 3. The van der Waals surface area contributed by atoms with Gasteiger partial charge in [-0.2, -0.15) is 0 Å². The molecule has 0 amide bonds. The van der Waals surface area contributed by atoms with Crippen LogP contribution in [0.15, 0.2) is 42.5 Å². The molecule has 5 aliphatic heterocycles. The molecule has 0 atom stereocenters. The van der Waals surface area contributed by atoms with Crippen molar-refractivity contribution in [1.82, 2.24) is 0 Å². The Morgan fingerprint density at radius 1 is 0.795 bits per heavy atom. The minimum atomic E-state index is -2.19. The Kier molecular flexibility index (Phi) is 4.91. The van der Waals surface area contributed by atoms with Crippen molar-refractivity contribution in [2.45, 2.75) is 62.6 Å². The van der Waals surface area contributed by atoms with Gasteiger partial charge in [-0.05, 0) is 102 Å². The van der Waals surface area contributed by atoms with Crippen molar-refractivity contribution in [1.29, 1.82) is 0 Å². The summed E-state index contributed by atoms with van der Waals surface area (Å²) in [4.78, 5) is 25.7. The number of aryl methyl sites for hydroxylation is 2. The summed E-state index contributed by atoms with van der Waals surface area (Å²) in [6.07, 6.45) is 7.79. The number of carboxylic acid groups (broad SMARTS) is 1. The van der Waals surface area contributed by atoms with E-state index in [1.807, 2.05) is 0 Å². The maximum atomic E-state index is 13.6. The van der Waals surface area contributed by atoms with E-state index in [4.69, 9.17) is 4.74 Å². The third-order valence-electron chi connectivity index (χ3n) is 9.97. The van der Waals surface area contributed by atoms with E-state index in [0.29, 0.717) is 11.1 Å². The van der Waals surface area contributed by atoms with Gasteiger partial charge in [-0.3, -0.25) is 0 Å². The van der Waals surface area contributed by atoms with E-state index in [1.54, 1.807) is 12.1 Å². The number of carbonyl (C=O) groups excluding carboxylic acids is 1. The van der Waals surface area contributed by atoms with E-state index in [0.717, 1.165) is 49.9 Å². The minimum absolute atomic E-state index is 0.184. The maximum absolute atomic E-state index is 13.6. The van der Waals surface area contributed by atoms with E-state index < -0.39 is 19.6 Å². The SMILES string of the molecule is O=C(O)c1ccc2c(c1)C1(OC2=O)c2cc3c(cc2[Si]2(CCCCC2)c2cc4c(cc21)CCCN4)NCCC3. The summed E-state index contributed by atoms with van der Waals surface area (Å²) >= 11 is 0. The Morgan fingerprint density at radius 3 is 2.00 bits per heavy atom. The van der Waals surface area contributed by atoms with Gasteiger partial charge in [0.15, 0.2) is 5.60 Å². The molecular weight excluding hydrogens is 504 g/mol. The number of aromatic carboxylic acids is 1. The number of anilines is 2. The molecule has 3 N–H and O–H groups in total. The molecule has 6 nitrogen and oxygen atoms in total. The number of esters is 1. The second-order valence-electron chi connectivity index (χ2n) is 11.9. The molecular formula is C32H32N2O4Si. The standard InChI is InChI=1S/C32H32N2O4Si/c35-30(36)21-8-9-22-23(16-21)32(38-31(22)37)24-14-19-6-4-10-33-26(19)17-28(24)39(12-2-1-3-13-39)29-18-27-20(15-25(29)32)7-5-11-34-27/h8-9,14-18,33-34H,1-7,10-13H2,(H,35,36). The van der Waals surface area contributed by atoms with Gasteiger partial charge >= 0.3 is 11.9 Å². The summed E-state index contributed by atoms with van der Waals surface area (Å²) in [5.74, 6) is -1.36. The number of hydrogen-bond donors (Lipinski definition) is 3. The van der Waals surface area contributed by atoms with E-state index in [-0.39, 0.29) is 11.5 Å². The highest BCUT2D eigenvalue weighted by atomic mass is 28.3. The molecule has 39 heavy (non-hydrogen) atoms. The lowest BCUT2D eigenvalue weighted by atomic mass is 9.77. The molecule has 0 aliphatic carbocycles. The second-order valence-corrected chi connectivity index (χ2v) is 16.2. The van der Waals surface area contributed by atoms with Crippen LogP contribution in [0.25, 0.3) is 0 Å². The molecule has 3 aromatic carbocycles. The van der Waals surface area contributed by atoms with Gasteiger partial charge in [-0.1, -0.05) is 19.3 Å². The zero-order chi connectivity index (χ0) is 26.4. The number of rotatable bonds is 1. The van der Waals surface area contributed by atoms with Gasteiger partial charge in [-0.15, -0.1) is 0 Å². The first-order valence-corrected chi connectivity index (χ1v) is 16.9. The average molecular weight is 537 g/mol. The van der Waals surface area contributed by atoms with Gasteiger partial charge in [0.25, 0.3) is 0 Å². The molecule has 0 saturated carbocycles. The van der Waals surface area contributed by atoms with Crippen molar-refractivity contribution in [2.24, 2.45) is 0 Å². The molecule has 198 valence electrons. The Balaban J connectivity index is 1.52. The van der Waals surface area contributed by atoms with Gasteiger partial charge < -0.3 is 20.5 Å². The summed E-state index contributed by atoms with van der Waals surface area (Å²) < 4.78 is 6.61. The smallest absolute Gasteiger partial charge is 0.340 e. The molecule has 7 heteroatoms. The normalized spacial score (nSPS) is 21.0. The number of fused-ring (bicyclic) bond motifs is 10. The van der Waals surface area contributed by atoms with Gasteiger partial charge in [0.2, 0.25) is 0 Å². The van der Waals surface area contributed by atoms with Crippen LogP contribution in [0.5, 0.6) is 0 Å². The van der Waals surface area contributed by atoms with Crippen LogP contribution in [0, 0.1) is 0 Å². The maximum Gasteiger partial charge on any atom is 0.340 e. The van der Waals surface area contributed by atoms with Crippen LogP contribution in [0.1, 0.15) is 80.6 Å². The highest BCUT2D eigenvalue weighted by Gasteiger charge is 2.59. The van der Waals surface area contributed by atoms with Crippen molar-refractivity contribution in [3.05, 3.63) is 81.4 Å². The van der Waals surface area contributed by atoms with E-state index in [2.05, 4.69) is 34.9 Å². The number of hydrogen-bond acceptors (Lipinski definition) is 5. The minimum Gasteiger partial charge on any atom is -0.478 e. The largest absolute Gasteiger partial charge is 0.478 e. The van der Waals surface area contributed by atoms with Crippen molar-refractivity contribution in [2.75, 3.05) is 23.7 Å². The van der Waals surface area contributed by atoms with Crippen molar-refractivity contribution >= 4 is 41.8 Å². The fourth-order valence-electron chi connectivity index (χ4n) is 8.19. The summed E-state index contributed by atoms with van der Waals surface area (Å²) in [5, 5.41) is 20.0. The highest BCUT2D eigenvalue weighted by Crippen LogP contribution is 2.52. The van der Waals surface area contributed by atoms with Crippen molar-refractivity contribution < 1.29 is 19.4 Å². The van der Waals surface area contributed by atoms with Crippen molar-refractivity contribution in [3.63, 3.8) is 0 Å². The summed E-state index contributed by atoms with van der Waals surface area (Å²) in [6.45, 7) is 1.94. The van der Waals surface area contributed by atoms with Crippen LogP contribution in [-0.2, 0) is 23.2 Å². The average Bonchev–Trinajstić information content (AvgIpc) is 3.27. The lowest BCUT2D eigenvalue weighted by Gasteiger charge is -2.49. The fourth-order valence-corrected chi connectivity index (χ4v) is 13.9. The lowest BCUT2D eigenvalue weighted by Crippen LogP contribution is -2.67. The molecule has 8 rings (SSSR count). The number of carboxylic acids is 1. The zero-order valence-electron chi connectivity index (χ0n) is 22.0. The Hall–Kier alpha value is -3.58.